The van der Waals surface area contributed by atoms with E-state index in [1.165, 1.54) is 6.20 Å². The van der Waals surface area contributed by atoms with Crippen molar-refractivity contribution in [2.75, 3.05) is 24.4 Å². The molecular formula is C27H23ClN8O. The molecule has 3 N–H and O–H groups in total. The molecule has 0 aliphatic rings. The molecule has 5 rings (SSSR count). The van der Waals surface area contributed by atoms with E-state index < -0.39 is 0 Å². The topological polar surface area (TPSA) is 124 Å². The highest BCUT2D eigenvalue weighted by atomic mass is 35.5. The van der Waals surface area contributed by atoms with Gasteiger partial charge in [-0.3, -0.25) is 9.97 Å². The van der Waals surface area contributed by atoms with Gasteiger partial charge < -0.3 is 15.4 Å². The fraction of sp³-hybridized carbons (Fsp3) is 0.148. The Labute approximate surface area is 218 Å². The number of ether oxygens (including phenoxy) is 1. The minimum absolute atomic E-state index is 0.197. The average molecular weight is 511 g/mol. The van der Waals surface area contributed by atoms with Crippen LogP contribution >= 0.6 is 11.6 Å². The summed E-state index contributed by atoms with van der Waals surface area (Å²) in [6, 6.07) is 19.2. The highest BCUT2D eigenvalue weighted by Gasteiger charge is 2.21. The number of benzene rings is 2. The Morgan fingerprint density at radius 2 is 1.89 bits per heavy atom. The first-order valence-corrected chi connectivity index (χ1v) is 11.9. The summed E-state index contributed by atoms with van der Waals surface area (Å²) in [6.45, 7) is 0.402. The quantitative estimate of drug-likeness (QED) is 0.245. The molecule has 37 heavy (non-hydrogen) atoms. The number of hydrogen-bond donors (Lipinski definition) is 3. The highest BCUT2D eigenvalue weighted by Crippen LogP contribution is 2.36. The van der Waals surface area contributed by atoms with Gasteiger partial charge in [-0.25, -0.2) is 0 Å². The van der Waals surface area contributed by atoms with Crippen LogP contribution in [0.2, 0.25) is 5.02 Å². The lowest BCUT2D eigenvalue weighted by atomic mass is 10.0. The smallest absolute Gasteiger partial charge is 0.109 e. The van der Waals surface area contributed by atoms with Gasteiger partial charge in [0, 0.05) is 36.8 Å². The molecule has 0 fully saturated rings. The van der Waals surface area contributed by atoms with Crippen LogP contribution in [-0.4, -0.2) is 39.1 Å². The number of aromatic amines is 1. The highest BCUT2D eigenvalue weighted by molar-refractivity contribution is 6.35. The van der Waals surface area contributed by atoms with Gasteiger partial charge in [-0.1, -0.05) is 48.0 Å². The van der Waals surface area contributed by atoms with Gasteiger partial charge in [0.05, 0.1) is 46.7 Å². The Kier molecular flexibility index (Phi) is 7.21. The summed E-state index contributed by atoms with van der Waals surface area (Å²) in [5, 5.41) is 29.0. The number of rotatable bonds is 9. The molecule has 9 nitrogen and oxygen atoms in total. The molecule has 184 valence electrons. The third-order valence-corrected chi connectivity index (χ3v) is 6.25. The molecule has 5 aromatic rings. The fourth-order valence-corrected chi connectivity index (χ4v) is 4.49. The standard InChI is InChI=1S/C27H23ClN8O/c1-37-16-24(17-6-3-2-4-7-17)34-25-19(12-29)14-31-27-21(25)10-20(11-22(27)28)33-26(23-15-32-36-35-23)18-8-5-9-30-13-18/h2-11,13-15,24,26,33H,16H2,1H3,(H,31,34)(H,32,35,36)/t24-,26?/m0/s1. The molecule has 3 aromatic heterocycles. The lowest BCUT2D eigenvalue weighted by molar-refractivity contribution is 0.186. The number of halogens is 1. The molecule has 2 atom stereocenters. The molecule has 0 bridgehead atoms. The van der Waals surface area contributed by atoms with Crippen LogP contribution in [0.4, 0.5) is 11.4 Å². The molecule has 0 aliphatic carbocycles. The largest absolute Gasteiger partial charge is 0.382 e. The van der Waals surface area contributed by atoms with Crippen molar-refractivity contribution in [2.45, 2.75) is 12.1 Å². The molecule has 10 heteroatoms. The van der Waals surface area contributed by atoms with Crippen LogP contribution in [0.3, 0.4) is 0 Å². The summed E-state index contributed by atoms with van der Waals surface area (Å²) in [5.74, 6) is 0. The van der Waals surface area contributed by atoms with E-state index in [2.05, 4.69) is 42.1 Å². The lowest BCUT2D eigenvalue weighted by Crippen LogP contribution is -2.17. The second-order valence-electron chi connectivity index (χ2n) is 8.33. The van der Waals surface area contributed by atoms with Gasteiger partial charge in [-0.05, 0) is 29.3 Å². The first-order chi connectivity index (χ1) is 18.2. The minimum atomic E-state index is -0.338. The molecular weight excluding hydrogens is 488 g/mol. The Balaban J connectivity index is 1.60. The Hall–Kier alpha value is -4.52. The maximum Gasteiger partial charge on any atom is 0.109 e. The van der Waals surface area contributed by atoms with Crippen LogP contribution in [0.5, 0.6) is 0 Å². The van der Waals surface area contributed by atoms with Crippen molar-refractivity contribution < 1.29 is 4.74 Å². The second kappa shape index (κ2) is 11.0. The van der Waals surface area contributed by atoms with Crippen molar-refractivity contribution in [3.05, 3.63) is 107 Å². The van der Waals surface area contributed by atoms with Gasteiger partial charge in [0.1, 0.15) is 11.8 Å². The number of methoxy groups -OCH3 is 1. The van der Waals surface area contributed by atoms with Crippen LogP contribution in [0, 0.1) is 11.3 Å². The second-order valence-corrected chi connectivity index (χ2v) is 8.74. The van der Waals surface area contributed by atoms with E-state index in [1.807, 2.05) is 48.5 Å². The lowest BCUT2D eigenvalue weighted by Gasteiger charge is -2.23. The number of nitrogens with one attached hydrogen (secondary N) is 3. The van der Waals surface area contributed by atoms with Crippen molar-refractivity contribution in [1.82, 2.24) is 25.4 Å². The third kappa shape index (κ3) is 5.21. The molecule has 0 aliphatic heterocycles. The molecule has 0 spiro atoms. The van der Waals surface area contributed by atoms with Crippen molar-refractivity contribution in [2.24, 2.45) is 0 Å². The normalized spacial score (nSPS) is 12.6. The molecule has 0 amide bonds. The molecule has 0 radical (unpaired) electrons. The summed E-state index contributed by atoms with van der Waals surface area (Å²) < 4.78 is 5.49. The number of nitriles is 1. The van der Waals surface area contributed by atoms with Crippen LogP contribution in [-0.2, 0) is 4.74 Å². The maximum absolute atomic E-state index is 9.91. The van der Waals surface area contributed by atoms with Gasteiger partial charge in [-0.2, -0.15) is 20.7 Å². The van der Waals surface area contributed by atoms with Crippen LogP contribution in [0.25, 0.3) is 10.9 Å². The maximum atomic E-state index is 9.91. The van der Waals surface area contributed by atoms with Crippen molar-refractivity contribution in [3.8, 4) is 6.07 Å². The van der Waals surface area contributed by atoms with Crippen molar-refractivity contribution in [3.63, 3.8) is 0 Å². The number of nitrogens with zero attached hydrogens (tertiary/aromatic N) is 5. The van der Waals surface area contributed by atoms with Crippen molar-refractivity contribution >= 4 is 33.9 Å². The third-order valence-electron chi connectivity index (χ3n) is 5.96. The average Bonchev–Trinajstić information content (AvgIpc) is 3.47. The van der Waals surface area contributed by atoms with E-state index in [1.54, 1.807) is 31.8 Å². The zero-order valence-electron chi connectivity index (χ0n) is 19.9. The summed E-state index contributed by atoms with van der Waals surface area (Å²) in [6.07, 6.45) is 6.68. The van der Waals surface area contributed by atoms with Crippen LogP contribution in [0.1, 0.15) is 34.5 Å². The van der Waals surface area contributed by atoms with Crippen molar-refractivity contribution in [1.29, 1.82) is 5.26 Å². The summed E-state index contributed by atoms with van der Waals surface area (Å²) in [5.41, 5.74) is 4.95. The predicted molar refractivity (Wildman–Crippen MR) is 142 cm³/mol. The predicted octanol–water partition coefficient (Wildman–Crippen LogP) is 5.27. The Morgan fingerprint density at radius 1 is 1.05 bits per heavy atom. The van der Waals surface area contributed by atoms with Gasteiger partial charge in [0.15, 0.2) is 0 Å². The van der Waals surface area contributed by atoms with E-state index in [0.717, 1.165) is 16.8 Å². The van der Waals surface area contributed by atoms with E-state index in [0.29, 0.717) is 39.5 Å². The first-order valence-electron chi connectivity index (χ1n) is 11.5. The Morgan fingerprint density at radius 3 is 2.59 bits per heavy atom. The Bertz CT molecular complexity index is 1520. The number of fused-ring (bicyclic) bond motifs is 1. The van der Waals surface area contributed by atoms with E-state index >= 15 is 0 Å². The summed E-state index contributed by atoms with van der Waals surface area (Å²) in [7, 11) is 1.65. The van der Waals surface area contributed by atoms with Gasteiger partial charge in [0.25, 0.3) is 0 Å². The number of anilines is 2. The van der Waals surface area contributed by atoms with Gasteiger partial charge >= 0.3 is 0 Å². The molecule has 3 heterocycles. The van der Waals surface area contributed by atoms with E-state index in [-0.39, 0.29) is 12.1 Å². The molecule has 1 unspecified atom stereocenters. The monoisotopic (exact) mass is 510 g/mol. The minimum Gasteiger partial charge on any atom is -0.382 e. The zero-order chi connectivity index (χ0) is 25.6. The molecule has 0 saturated heterocycles. The van der Waals surface area contributed by atoms with Crippen LogP contribution < -0.4 is 10.6 Å². The SMILES string of the molecule is COC[C@H](Nc1c(C#N)cnc2c(Cl)cc(NC(c3cccnc3)c3cn[nH]n3)cc12)c1ccccc1. The van der Waals surface area contributed by atoms with Gasteiger partial charge in [-0.15, -0.1) is 0 Å². The van der Waals surface area contributed by atoms with Gasteiger partial charge in [0.2, 0.25) is 0 Å². The molecule has 0 saturated carbocycles. The number of hydrogen-bond acceptors (Lipinski definition) is 8. The summed E-state index contributed by atoms with van der Waals surface area (Å²) in [4.78, 5) is 8.72. The first kappa shape index (κ1) is 24.2. The molecule has 2 aromatic carbocycles. The fourth-order valence-electron chi connectivity index (χ4n) is 4.22. The van der Waals surface area contributed by atoms with E-state index in [4.69, 9.17) is 16.3 Å². The van der Waals surface area contributed by atoms with Crippen LogP contribution in [0.15, 0.2) is 79.4 Å². The zero-order valence-corrected chi connectivity index (χ0v) is 20.6. The summed E-state index contributed by atoms with van der Waals surface area (Å²) >= 11 is 6.71. The van der Waals surface area contributed by atoms with E-state index in [9.17, 15) is 5.26 Å². The number of H-pyrrole nitrogens is 1. The number of pyridine rings is 2. The number of aromatic nitrogens is 5.